The lowest BCUT2D eigenvalue weighted by Crippen LogP contribution is -2.42. The molecule has 0 N–H and O–H groups in total. The van der Waals surface area contributed by atoms with Gasteiger partial charge in [-0.15, -0.1) is 0 Å². The topological polar surface area (TPSA) is 9.23 Å². The lowest BCUT2D eigenvalue weighted by molar-refractivity contribution is -0.125. The number of ether oxygens (including phenoxy) is 1. The van der Waals surface area contributed by atoms with Gasteiger partial charge in [-0.25, -0.2) is 0 Å². The molecule has 0 aliphatic carbocycles. The van der Waals surface area contributed by atoms with E-state index in [1.807, 2.05) is 0 Å². The molecule has 5 atom stereocenters. The van der Waals surface area contributed by atoms with Crippen LogP contribution in [0.2, 0.25) is 0 Å². The third kappa shape index (κ3) is 1.66. The molecule has 12 heavy (non-hydrogen) atoms. The summed E-state index contributed by atoms with van der Waals surface area (Å²) in [5, 5.41) is 0. The maximum atomic E-state index is 5.93. The Hall–Kier alpha value is -0.0400. The van der Waals surface area contributed by atoms with Crippen LogP contribution in [0.1, 0.15) is 41.0 Å². The summed E-state index contributed by atoms with van der Waals surface area (Å²) in [6.45, 7) is 11.4. The molecule has 1 fully saturated rings. The molecule has 1 heteroatoms. The first-order valence-corrected chi connectivity index (χ1v) is 5.23. The summed E-state index contributed by atoms with van der Waals surface area (Å²) in [7, 11) is 0. The normalized spacial score (nSPS) is 49.2. The number of hydrogen-bond acceptors (Lipinski definition) is 1. The van der Waals surface area contributed by atoms with Gasteiger partial charge >= 0.3 is 0 Å². The Kier molecular flexibility index (Phi) is 3.16. The first-order valence-electron chi connectivity index (χ1n) is 5.23. The summed E-state index contributed by atoms with van der Waals surface area (Å²) < 4.78 is 5.93. The fourth-order valence-corrected chi connectivity index (χ4v) is 2.24. The van der Waals surface area contributed by atoms with Crippen molar-refractivity contribution >= 4 is 0 Å². The van der Waals surface area contributed by atoms with Crippen LogP contribution in [0.4, 0.5) is 0 Å². The van der Waals surface area contributed by atoms with Crippen molar-refractivity contribution < 1.29 is 4.74 Å². The second kappa shape index (κ2) is 3.78. The second-order valence-corrected chi connectivity index (χ2v) is 4.37. The van der Waals surface area contributed by atoms with Crippen LogP contribution in [-0.4, -0.2) is 12.2 Å². The minimum Gasteiger partial charge on any atom is -0.375 e. The molecule has 0 aromatic heterocycles. The molecule has 0 aromatic rings. The van der Waals surface area contributed by atoms with Gasteiger partial charge in [-0.2, -0.15) is 0 Å². The highest BCUT2D eigenvalue weighted by Gasteiger charge is 2.35. The van der Waals surface area contributed by atoms with Gasteiger partial charge in [-0.1, -0.05) is 27.7 Å². The van der Waals surface area contributed by atoms with E-state index < -0.39 is 0 Å². The molecule has 0 bridgehead atoms. The molecule has 0 spiro atoms. The first kappa shape index (κ1) is 10.0. The van der Waals surface area contributed by atoms with E-state index in [1.54, 1.807) is 0 Å². The third-order valence-electron chi connectivity index (χ3n) is 3.78. The van der Waals surface area contributed by atoms with Gasteiger partial charge < -0.3 is 4.74 Å². The Balaban J connectivity index is 2.63. The van der Waals surface area contributed by atoms with Crippen molar-refractivity contribution in [3.63, 3.8) is 0 Å². The van der Waals surface area contributed by atoms with E-state index in [0.717, 1.165) is 18.3 Å². The van der Waals surface area contributed by atoms with E-state index >= 15 is 0 Å². The molecule has 2 unspecified atom stereocenters. The highest BCUT2D eigenvalue weighted by atomic mass is 16.5. The monoisotopic (exact) mass is 170 g/mol. The van der Waals surface area contributed by atoms with Crippen molar-refractivity contribution in [3.05, 3.63) is 0 Å². The Labute approximate surface area is 76.5 Å². The van der Waals surface area contributed by atoms with Gasteiger partial charge in [-0.05, 0) is 31.1 Å². The second-order valence-electron chi connectivity index (χ2n) is 4.37. The van der Waals surface area contributed by atoms with Crippen molar-refractivity contribution in [2.24, 2.45) is 17.8 Å². The fourth-order valence-electron chi connectivity index (χ4n) is 2.24. The van der Waals surface area contributed by atoms with E-state index in [1.165, 1.54) is 0 Å². The Bertz CT molecular complexity index is 139. The summed E-state index contributed by atoms with van der Waals surface area (Å²) in [6.07, 6.45) is 2.09. The van der Waals surface area contributed by atoms with E-state index in [4.69, 9.17) is 4.74 Å². The average Bonchev–Trinajstić information content (AvgIpc) is 2.08. The maximum absolute atomic E-state index is 5.93. The lowest BCUT2D eigenvalue weighted by atomic mass is 9.76. The van der Waals surface area contributed by atoms with Crippen LogP contribution in [-0.2, 0) is 4.74 Å². The molecule has 0 radical (unpaired) electrons. The van der Waals surface area contributed by atoms with Crippen LogP contribution in [0, 0.1) is 17.8 Å². The molecule has 1 heterocycles. The minimum absolute atomic E-state index is 0.446. The number of hydrogen-bond donors (Lipinski definition) is 0. The molecule has 0 amide bonds. The quantitative estimate of drug-likeness (QED) is 0.587. The zero-order valence-corrected chi connectivity index (χ0v) is 9.00. The first-order chi connectivity index (χ1) is 5.57. The smallest absolute Gasteiger partial charge is 0.0604 e. The van der Waals surface area contributed by atoms with Gasteiger partial charge in [-0.3, -0.25) is 0 Å². The molecule has 72 valence electrons. The predicted octanol–water partition coefficient (Wildman–Crippen LogP) is 3.09. The van der Waals surface area contributed by atoms with Crippen molar-refractivity contribution in [1.29, 1.82) is 0 Å². The molecule has 1 aliphatic rings. The van der Waals surface area contributed by atoms with Crippen molar-refractivity contribution in [3.8, 4) is 0 Å². The van der Waals surface area contributed by atoms with Crippen molar-refractivity contribution in [2.75, 3.05) is 0 Å². The van der Waals surface area contributed by atoms with Crippen LogP contribution in [0.15, 0.2) is 0 Å². The molecular formula is C11H22O. The van der Waals surface area contributed by atoms with E-state index in [-0.39, 0.29) is 0 Å². The molecule has 1 saturated heterocycles. The summed E-state index contributed by atoms with van der Waals surface area (Å²) in [6, 6.07) is 0. The molecular weight excluding hydrogens is 148 g/mol. The van der Waals surface area contributed by atoms with E-state index in [9.17, 15) is 0 Å². The molecule has 0 saturated carbocycles. The largest absolute Gasteiger partial charge is 0.375 e. The van der Waals surface area contributed by atoms with Gasteiger partial charge in [0.05, 0.1) is 12.2 Å². The van der Waals surface area contributed by atoms with Gasteiger partial charge in [0.25, 0.3) is 0 Å². The Morgan fingerprint density at radius 1 is 0.917 bits per heavy atom. The van der Waals surface area contributed by atoms with Crippen LogP contribution < -0.4 is 0 Å². The number of rotatable bonds is 1. The summed E-state index contributed by atoms with van der Waals surface area (Å²) in [4.78, 5) is 0. The Morgan fingerprint density at radius 2 is 1.50 bits per heavy atom. The highest BCUT2D eigenvalue weighted by Crippen LogP contribution is 2.35. The van der Waals surface area contributed by atoms with Gasteiger partial charge in [0.1, 0.15) is 0 Å². The van der Waals surface area contributed by atoms with Crippen LogP contribution in [0.5, 0.6) is 0 Å². The van der Waals surface area contributed by atoms with Crippen molar-refractivity contribution in [2.45, 2.75) is 53.2 Å². The summed E-state index contributed by atoms with van der Waals surface area (Å²) >= 11 is 0. The molecule has 1 rings (SSSR count). The van der Waals surface area contributed by atoms with Crippen LogP contribution in [0.25, 0.3) is 0 Å². The third-order valence-corrected chi connectivity index (χ3v) is 3.78. The van der Waals surface area contributed by atoms with Gasteiger partial charge in [0, 0.05) is 0 Å². The molecule has 1 nitrogen and oxygen atoms in total. The van der Waals surface area contributed by atoms with E-state index in [2.05, 4.69) is 34.6 Å². The fraction of sp³-hybridized carbons (Fsp3) is 1.00. The van der Waals surface area contributed by atoms with Gasteiger partial charge in [0.15, 0.2) is 0 Å². The highest BCUT2D eigenvalue weighted by molar-refractivity contribution is 4.83. The molecule has 1 aliphatic heterocycles. The zero-order valence-electron chi connectivity index (χ0n) is 9.00. The van der Waals surface area contributed by atoms with Crippen LogP contribution >= 0.6 is 0 Å². The summed E-state index contributed by atoms with van der Waals surface area (Å²) in [5.74, 6) is 2.24. The van der Waals surface area contributed by atoms with Crippen LogP contribution in [0.3, 0.4) is 0 Å². The standard InChI is InChI=1S/C11H22O/c1-6-11-9(4)7(2)8(3)10(5)12-11/h7-11H,6H2,1-5H3/t7-,8+,9+,10?,11?/m1/s1. The molecule has 0 aromatic carbocycles. The predicted molar refractivity (Wildman–Crippen MR) is 52.1 cm³/mol. The summed E-state index contributed by atoms with van der Waals surface area (Å²) in [5.41, 5.74) is 0. The average molecular weight is 170 g/mol. The zero-order chi connectivity index (χ0) is 9.30. The Morgan fingerprint density at radius 3 is 2.00 bits per heavy atom. The maximum Gasteiger partial charge on any atom is 0.0604 e. The van der Waals surface area contributed by atoms with Gasteiger partial charge in [0.2, 0.25) is 0 Å². The minimum atomic E-state index is 0.446. The van der Waals surface area contributed by atoms with E-state index in [0.29, 0.717) is 18.1 Å². The van der Waals surface area contributed by atoms with Crippen molar-refractivity contribution in [1.82, 2.24) is 0 Å². The lowest BCUT2D eigenvalue weighted by Gasteiger charge is -2.42. The SMILES string of the molecule is CCC1OC(C)[C@@H](C)[C@@H](C)[C@@H]1C.